The molecule has 150 valence electrons. The second kappa shape index (κ2) is 8.36. The molecule has 8 nitrogen and oxygen atoms in total. The molecule has 1 fully saturated rings. The van der Waals surface area contributed by atoms with Crippen LogP contribution in [0.1, 0.15) is 5.69 Å². The topological polar surface area (TPSA) is 79.2 Å². The Morgan fingerprint density at radius 1 is 1.03 bits per heavy atom. The standard InChI is InChI=1S/C20H22FN7O/c1-15-8-9-28(25-15)19-7-6-18(23-24-19)27-12-10-26(11-13-27)14-20(29)22-17-5-3-2-4-16(17)21/h2-9H,10-14H2,1H3,(H,22,29). The molecule has 0 aliphatic carbocycles. The number of carbonyl (C=O) groups is 1. The van der Waals surface area contributed by atoms with Crippen LogP contribution >= 0.6 is 0 Å². The number of para-hydroxylation sites is 1. The van der Waals surface area contributed by atoms with Gasteiger partial charge in [-0.25, -0.2) is 9.07 Å². The van der Waals surface area contributed by atoms with Crippen molar-refractivity contribution in [2.45, 2.75) is 6.92 Å². The van der Waals surface area contributed by atoms with E-state index in [0.29, 0.717) is 18.9 Å². The Hall–Kier alpha value is -3.33. The molecule has 0 bridgehead atoms. The summed E-state index contributed by atoms with van der Waals surface area (Å²) in [6.45, 7) is 5.06. The summed E-state index contributed by atoms with van der Waals surface area (Å²) in [5, 5.41) is 15.5. The number of hydrogen-bond donors (Lipinski definition) is 1. The molecule has 3 heterocycles. The van der Waals surface area contributed by atoms with Crippen LogP contribution in [0.25, 0.3) is 5.82 Å². The van der Waals surface area contributed by atoms with Crippen LogP contribution in [0.2, 0.25) is 0 Å². The normalized spacial score (nSPS) is 14.8. The highest BCUT2D eigenvalue weighted by molar-refractivity contribution is 5.92. The molecule has 1 aliphatic heterocycles. The van der Waals surface area contributed by atoms with Gasteiger partial charge in [-0.05, 0) is 37.3 Å². The zero-order valence-electron chi connectivity index (χ0n) is 16.1. The number of carbonyl (C=O) groups excluding carboxylic acids is 1. The lowest BCUT2D eigenvalue weighted by Crippen LogP contribution is -2.49. The highest BCUT2D eigenvalue weighted by atomic mass is 19.1. The first-order valence-corrected chi connectivity index (χ1v) is 9.46. The van der Waals surface area contributed by atoms with Crippen LogP contribution in [-0.2, 0) is 4.79 Å². The predicted octanol–water partition coefficient (Wildman–Crippen LogP) is 1.87. The Kier molecular flexibility index (Phi) is 5.48. The van der Waals surface area contributed by atoms with Crippen LogP contribution in [0, 0.1) is 12.7 Å². The fourth-order valence-electron chi connectivity index (χ4n) is 3.24. The van der Waals surface area contributed by atoms with Gasteiger partial charge in [0.2, 0.25) is 5.91 Å². The minimum Gasteiger partial charge on any atom is -0.353 e. The quantitative estimate of drug-likeness (QED) is 0.711. The van der Waals surface area contributed by atoms with Crippen molar-refractivity contribution >= 4 is 17.4 Å². The Morgan fingerprint density at radius 3 is 2.41 bits per heavy atom. The Morgan fingerprint density at radius 2 is 1.76 bits per heavy atom. The van der Waals surface area contributed by atoms with E-state index >= 15 is 0 Å². The third-order valence-electron chi connectivity index (χ3n) is 4.80. The average Bonchev–Trinajstić information content (AvgIpc) is 3.17. The third-order valence-corrected chi connectivity index (χ3v) is 4.80. The number of nitrogens with one attached hydrogen (secondary N) is 1. The number of aromatic nitrogens is 4. The zero-order valence-corrected chi connectivity index (χ0v) is 16.1. The van der Waals surface area contributed by atoms with Gasteiger partial charge in [-0.15, -0.1) is 10.2 Å². The minimum atomic E-state index is -0.432. The number of amides is 1. The molecule has 1 aromatic carbocycles. The smallest absolute Gasteiger partial charge is 0.238 e. The number of rotatable bonds is 5. The number of benzene rings is 1. The number of halogens is 1. The minimum absolute atomic E-state index is 0.207. The Labute approximate surface area is 168 Å². The van der Waals surface area contributed by atoms with Crippen molar-refractivity contribution in [3.05, 3.63) is 60.2 Å². The highest BCUT2D eigenvalue weighted by Crippen LogP contribution is 2.15. The van der Waals surface area contributed by atoms with Crippen LogP contribution in [0.3, 0.4) is 0 Å². The zero-order chi connectivity index (χ0) is 20.2. The van der Waals surface area contributed by atoms with Gasteiger partial charge in [0.25, 0.3) is 0 Å². The monoisotopic (exact) mass is 395 g/mol. The van der Waals surface area contributed by atoms with Gasteiger partial charge in [0.05, 0.1) is 17.9 Å². The molecule has 0 saturated carbocycles. The molecule has 29 heavy (non-hydrogen) atoms. The number of nitrogens with zero attached hydrogens (tertiary/aromatic N) is 6. The van der Waals surface area contributed by atoms with E-state index < -0.39 is 5.82 Å². The van der Waals surface area contributed by atoms with E-state index in [4.69, 9.17) is 0 Å². The van der Waals surface area contributed by atoms with Gasteiger partial charge in [-0.1, -0.05) is 12.1 Å². The molecule has 1 aliphatic rings. The van der Waals surface area contributed by atoms with Gasteiger partial charge >= 0.3 is 0 Å². The Bertz CT molecular complexity index is 981. The number of anilines is 2. The summed E-state index contributed by atoms with van der Waals surface area (Å²) in [4.78, 5) is 16.4. The van der Waals surface area contributed by atoms with Gasteiger partial charge in [0.15, 0.2) is 11.6 Å². The summed E-state index contributed by atoms with van der Waals surface area (Å²) < 4.78 is 15.3. The lowest BCUT2D eigenvalue weighted by molar-refractivity contribution is -0.117. The number of aryl methyl sites for hydroxylation is 1. The molecule has 1 N–H and O–H groups in total. The number of hydrogen-bond acceptors (Lipinski definition) is 6. The van der Waals surface area contributed by atoms with Crippen molar-refractivity contribution in [3.8, 4) is 5.82 Å². The molecule has 0 radical (unpaired) electrons. The second-order valence-corrected chi connectivity index (χ2v) is 6.94. The molecule has 0 unspecified atom stereocenters. The summed E-state index contributed by atoms with van der Waals surface area (Å²) in [7, 11) is 0. The third kappa shape index (κ3) is 4.57. The van der Waals surface area contributed by atoms with Crippen molar-refractivity contribution in [3.63, 3.8) is 0 Å². The first-order chi connectivity index (χ1) is 14.1. The summed E-state index contributed by atoms with van der Waals surface area (Å²) >= 11 is 0. The average molecular weight is 395 g/mol. The van der Waals surface area contributed by atoms with Crippen molar-refractivity contribution in [2.75, 3.05) is 42.9 Å². The summed E-state index contributed by atoms with van der Waals surface area (Å²) in [5.41, 5.74) is 1.13. The molecule has 0 atom stereocenters. The highest BCUT2D eigenvalue weighted by Gasteiger charge is 2.20. The van der Waals surface area contributed by atoms with E-state index in [2.05, 4.69) is 25.5 Å². The first-order valence-electron chi connectivity index (χ1n) is 9.46. The molecule has 1 saturated heterocycles. The molecular weight excluding hydrogens is 373 g/mol. The van der Waals surface area contributed by atoms with Crippen LogP contribution < -0.4 is 10.2 Å². The van der Waals surface area contributed by atoms with E-state index in [-0.39, 0.29) is 18.1 Å². The number of piperazine rings is 1. The molecule has 9 heteroatoms. The molecule has 2 aromatic heterocycles. The maximum absolute atomic E-state index is 13.7. The van der Waals surface area contributed by atoms with Gasteiger partial charge in [0.1, 0.15) is 5.82 Å². The molecular formula is C20H22FN7O. The van der Waals surface area contributed by atoms with Crippen molar-refractivity contribution in [2.24, 2.45) is 0 Å². The van der Waals surface area contributed by atoms with E-state index in [1.807, 2.05) is 36.2 Å². The SMILES string of the molecule is Cc1ccn(-c2ccc(N3CCN(CC(=O)Nc4ccccc4F)CC3)nn2)n1. The summed E-state index contributed by atoms with van der Waals surface area (Å²) in [6, 6.07) is 11.9. The molecule has 0 spiro atoms. The van der Waals surface area contributed by atoms with Crippen molar-refractivity contribution < 1.29 is 9.18 Å². The largest absolute Gasteiger partial charge is 0.353 e. The van der Waals surface area contributed by atoms with Crippen LogP contribution in [-0.4, -0.2) is 63.5 Å². The van der Waals surface area contributed by atoms with Crippen molar-refractivity contribution in [1.82, 2.24) is 24.9 Å². The molecule has 1 amide bonds. The Balaban J connectivity index is 1.29. The van der Waals surface area contributed by atoms with Gasteiger partial charge in [0, 0.05) is 32.4 Å². The molecule has 3 aromatic rings. The van der Waals surface area contributed by atoms with E-state index in [1.165, 1.54) is 6.07 Å². The maximum Gasteiger partial charge on any atom is 0.238 e. The fraction of sp³-hybridized carbons (Fsp3) is 0.300. The lowest BCUT2D eigenvalue weighted by Gasteiger charge is -2.34. The van der Waals surface area contributed by atoms with E-state index in [0.717, 1.165) is 24.6 Å². The van der Waals surface area contributed by atoms with Crippen LogP contribution in [0.15, 0.2) is 48.7 Å². The van der Waals surface area contributed by atoms with Crippen LogP contribution in [0.4, 0.5) is 15.9 Å². The fourth-order valence-corrected chi connectivity index (χ4v) is 3.24. The lowest BCUT2D eigenvalue weighted by atomic mass is 10.3. The predicted molar refractivity (Wildman–Crippen MR) is 108 cm³/mol. The maximum atomic E-state index is 13.7. The summed E-state index contributed by atoms with van der Waals surface area (Å²) in [5.74, 6) is 0.818. The van der Waals surface area contributed by atoms with Gasteiger partial charge in [-0.2, -0.15) is 5.10 Å². The summed E-state index contributed by atoms with van der Waals surface area (Å²) in [6.07, 6.45) is 1.85. The van der Waals surface area contributed by atoms with Gasteiger partial charge < -0.3 is 10.2 Å². The second-order valence-electron chi connectivity index (χ2n) is 6.94. The van der Waals surface area contributed by atoms with Crippen molar-refractivity contribution in [1.29, 1.82) is 0 Å². The van der Waals surface area contributed by atoms with Gasteiger partial charge in [-0.3, -0.25) is 9.69 Å². The van der Waals surface area contributed by atoms with E-state index in [9.17, 15) is 9.18 Å². The van der Waals surface area contributed by atoms with Crippen LogP contribution in [0.5, 0.6) is 0 Å². The first kappa shape index (κ1) is 19.0. The molecule has 4 rings (SSSR count). The van der Waals surface area contributed by atoms with E-state index in [1.54, 1.807) is 22.9 Å².